The second-order valence-corrected chi connectivity index (χ2v) is 3.68. The third-order valence-electron chi connectivity index (χ3n) is 0.213. The maximum absolute atomic E-state index is 9.63. The van der Waals surface area contributed by atoms with Gasteiger partial charge in [-0.3, -0.25) is 0 Å². The summed E-state index contributed by atoms with van der Waals surface area (Å²) < 4.78 is 22.2. The monoisotopic (exact) mass is 292 g/mol. The molecule has 7 nitrogen and oxygen atoms in total. The first-order valence-electron chi connectivity index (χ1n) is 1.53. The average Bonchev–Trinajstić information content (AvgIpc) is 1.14. The van der Waals surface area contributed by atoms with Crippen molar-refractivity contribution in [2.75, 3.05) is 0 Å². The van der Waals surface area contributed by atoms with Crippen LogP contribution in [0, 0.1) is 0 Å². The van der Waals surface area contributed by atoms with Crippen LogP contribution in [0.3, 0.4) is 0 Å². The second-order valence-electron chi connectivity index (χ2n) is 1.06. The molecule has 70 valence electrons. The molecular formula is H5LiMnO7P2V. The molecule has 0 aromatic heterocycles. The Bertz CT molecular complexity index is 167. The van der Waals surface area contributed by atoms with Crippen molar-refractivity contribution in [3.05, 3.63) is 0 Å². The van der Waals surface area contributed by atoms with E-state index in [1.165, 1.54) is 0 Å². The zero-order valence-corrected chi connectivity index (χ0v) is 10.1. The molecule has 0 aliphatic carbocycles. The minimum absolute atomic E-state index is 0. The molecule has 0 rings (SSSR count). The number of hydrogen-bond donors (Lipinski definition) is 4. The molecule has 0 spiro atoms. The van der Waals surface area contributed by atoms with Crippen LogP contribution in [0.25, 0.3) is 0 Å². The van der Waals surface area contributed by atoms with Crippen LogP contribution in [-0.2, 0) is 49.1 Å². The first-order valence-corrected chi connectivity index (χ1v) is 4.59. The zero-order valence-electron chi connectivity index (χ0n) is 6.73. The third-order valence-corrected chi connectivity index (χ3v) is 1.91. The largest absolute Gasteiger partial charge is 1.00 e. The van der Waals surface area contributed by atoms with Gasteiger partial charge in [0.2, 0.25) is 0 Å². The fourth-order valence-corrected chi connectivity index (χ4v) is 1.25. The van der Waals surface area contributed by atoms with Crippen LogP contribution in [0.4, 0.5) is 0 Å². The van der Waals surface area contributed by atoms with Crippen LogP contribution in [0.5, 0.6) is 0 Å². The summed E-state index contributed by atoms with van der Waals surface area (Å²) >= 11 is 0. The van der Waals surface area contributed by atoms with Crippen LogP contribution >= 0.6 is 15.6 Å². The van der Waals surface area contributed by atoms with Crippen LogP contribution in [0.15, 0.2) is 0 Å². The quantitative estimate of drug-likeness (QED) is 0.305. The Morgan fingerprint density at radius 3 is 1.17 bits per heavy atom. The van der Waals surface area contributed by atoms with Gasteiger partial charge in [-0.05, 0) is 0 Å². The fraction of sp³-hybridized carbons (Fsp3) is 0. The van der Waals surface area contributed by atoms with Gasteiger partial charge in [0.25, 0.3) is 0 Å². The van der Waals surface area contributed by atoms with Gasteiger partial charge in [-0.1, -0.05) is 0 Å². The predicted octanol–water partition coefficient (Wildman–Crippen LogP) is -3.70. The van der Waals surface area contributed by atoms with E-state index in [-0.39, 0.29) is 55.9 Å². The molecular weight excluding hydrogens is 287 g/mol. The maximum Gasteiger partial charge on any atom is 1.00 e. The van der Waals surface area contributed by atoms with Crippen molar-refractivity contribution in [3.63, 3.8) is 0 Å². The summed E-state index contributed by atoms with van der Waals surface area (Å²) in [7, 11) is -10.1. The van der Waals surface area contributed by atoms with Crippen molar-refractivity contribution in [1.29, 1.82) is 0 Å². The van der Waals surface area contributed by atoms with E-state index in [2.05, 4.69) is 4.31 Å². The first kappa shape index (κ1) is 23.6. The van der Waals surface area contributed by atoms with E-state index in [9.17, 15) is 9.13 Å². The second kappa shape index (κ2) is 8.28. The summed E-state index contributed by atoms with van der Waals surface area (Å²) in [5.41, 5.74) is 0. The van der Waals surface area contributed by atoms with Gasteiger partial charge in [-0.25, -0.2) is 9.13 Å². The predicted molar refractivity (Wildman–Crippen MR) is 26.3 cm³/mol. The summed E-state index contributed by atoms with van der Waals surface area (Å²) in [5.74, 6) is 0. The molecule has 0 heterocycles. The minimum atomic E-state index is -5.05. The Hall–Kier alpha value is 1.96. The van der Waals surface area contributed by atoms with Crippen molar-refractivity contribution >= 4 is 15.6 Å². The van der Waals surface area contributed by atoms with Crippen molar-refractivity contribution in [2.24, 2.45) is 0 Å². The van der Waals surface area contributed by atoms with Crippen molar-refractivity contribution < 1.29 is 88.9 Å². The van der Waals surface area contributed by atoms with E-state index in [4.69, 9.17) is 19.6 Å². The zero-order chi connectivity index (χ0) is 7.71. The van der Waals surface area contributed by atoms with E-state index >= 15 is 0 Å². The molecule has 0 amide bonds. The van der Waals surface area contributed by atoms with Gasteiger partial charge in [-0.15, -0.1) is 0 Å². The molecule has 0 aliphatic heterocycles. The van der Waals surface area contributed by atoms with Gasteiger partial charge in [0, 0.05) is 35.6 Å². The molecule has 0 atom stereocenters. The summed E-state index contributed by atoms with van der Waals surface area (Å²) in [5, 5.41) is 0. The molecule has 0 aromatic carbocycles. The van der Waals surface area contributed by atoms with Crippen LogP contribution in [-0.4, -0.2) is 19.6 Å². The van der Waals surface area contributed by atoms with E-state index in [1.807, 2.05) is 0 Å². The molecule has 12 heavy (non-hydrogen) atoms. The molecule has 12 heteroatoms. The van der Waals surface area contributed by atoms with Gasteiger partial charge in [-0.2, -0.15) is 4.31 Å². The van der Waals surface area contributed by atoms with E-state index in [1.54, 1.807) is 0 Å². The molecule has 2 radical (unpaired) electrons. The standard InChI is InChI=1S/Li.Mn.H4O7P2.V.H/c;;1-8(2,3)7-9(4,5)6;;/h;;(H2,1,2,3)(H2,4,5,6);;/q+1;;;;-1. The van der Waals surface area contributed by atoms with Crippen LogP contribution in [0.2, 0.25) is 0 Å². The fourth-order valence-electron chi connectivity index (χ4n) is 0.139. The smallest absolute Gasteiger partial charge is 1.00 e. The Balaban J connectivity index is -0.0000000533. The first-order chi connectivity index (χ1) is 3.71. The van der Waals surface area contributed by atoms with Crippen molar-refractivity contribution in [1.82, 2.24) is 0 Å². The van der Waals surface area contributed by atoms with Crippen molar-refractivity contribution in [3.8, 4) is 0 Å². The average molecular weight is 292 g/mol. The van der Waals surface area contributed by atoms with Gasteiger partial charge in [0.05, 0.1) is 0 Å². The molecule has 0 aliphatic rings. The normalized spacial score (nSPS) is 10.3. The Morgan fingerprint density at radius 1 is 1.00 bits per heavy atom. The molecule has 0 saturated heterocycles. The molecule has 0 unspecified atom stereocenters. The number of rotatable bonds is 2. The maximum atomic E-state index is 9.63. The van der Waals surface area contributed by atoms with E-state index < -0.39 is 15.6 Å². The third kappa shape index (κ3) is 22.7. The van der Waals surface area contributed by atoms with E-state index in [0.29, 0.717) is 0 Å². The van der Waals surface area contributed by atoms with E-state index in [0.717, 1.165) is 0 Å². The minimum Gasteiger partial charge on any atom is -1.00 e. The van der Waals surface area contributed by atoms with Gasteiger partial charge in [0.15, 0.2) is 0 Å². The summed E-state index contributed by atoms with van der Waals surface area (Å²) in [6.07, 6.45) is 0. The Labute approximate surface area is 104 Å². The Morgan fingerprint density at radius 2 is 1.17 bits per heavy atom. The molecule has 4 N–H and O–H groups in total. The summed E-state index contributed by atoms with van der Waals surface area (Å²) in [6.45, 7) is 0. The Kier molecular flexibility index (Phi) is 16.3. The van der Waals surface area contributed by atoms with Gasteiger partial charge >= 0.3 is 34.5 Å². The molecule has 0 bridgehead atoms. The van der Waals surface area contributed by atoms with Crippen LogP contribution < -0.4 is 18.9 Å². The molecule has 0 aromatic rings. The SMILES string of the molecule is O=P(O)(O)OP(=O)(O)O.[H-].[Li+].[Mn].[V]. The van der Waals surface area contributed by atoms with Gasteiger partial charge in [0.1, 0.15) is 0 Å². The topological polar surface area (TPSA) is 124 Å². The molecule has 0 saturated carbocycles. The van der Waals surface area contributed by atoms with Crippen LogP contribution in [0.1, 0.15) is 1.43 Å². The van der Waals surface area contributed by atoms with Crippen molar-refractivity contribution in [2.45, 2.75) is 0 Å². The number of phosphoric acid groups is 2. The summed E-state index contributed by atoms with van der Waals surface area (Å²) in [4.78, 5) is 31.0. The molecule has 0 fully saturated rings. The summed E-state index contributed by atoms with van der Waals surface area (Å²) in [6, 6.07) is 0. The number of hydrogen-bond acceptors (Lipinski definition) is 3. The van der Waals surface area contributed by atoms with Gasteiger partial charge < -0.3 is 21.0 Å².